The average Bonchev–Trinajstić information content (AvgIpc) is 2.74. The Balaban J connectivity index is 1.58. The first-order valence-corrected chi connectivity index (χ1v) is 7.22. The smallest absolute Gasteiger partial charge is 0.358 e. The minimum atomic E-state index is -1.05. The van der Waals surface area contributed by atoms with Crippen LogP contribution in [-0.4, -0.2) is 61.3 Å². The molecule has 2 fully saturated rings. The average molecular weight is 280 g/mol. The van der Waals surface area contributed by atoms with Crippen molar-refractivity contribution in [3.63, 3.8) is 0 Å². The normalized spacial score (nSPS) is 28.9. The van der Waals surface area contributed by atoms with E-state index >= 15 is 0 Å². The molecule has 3 rings (SSSR count). The maximum absolute atomic E-state index is 10.8. The highest BCUT2D eigenvalue weighted by Gasteiger charge is 2.37. The molecular weight excluding hydrogens is 260 g/mol. The molecule has 2 atom stereocenters. The number of rotatable bonds is 3. The van der Waals surface area contributed by atoms with E-state index in [0.29, 0.717) is 0 Å². The second kappa shape index (κ2) is 5.49. The van der Waals surface area contributed by atoms with Crippen molar-refractivity contribution in [2.24, 2.45) is 0 Å². The minimum absolute atomic E-state index is 0.0158. The Morgan fingerprint density at radius 1 is 1.25 bits per heavy atom. The molecule has 2 unspecified atom stereocenters. The van der Waals surface area contributed by atoms with E-state index in [9.17, 15) is 9.90 Å². The molecule has 1 saturated heterocycles. The quantitative estimate of drug-likeness (QED) is 0.785. The molecule has 20 heavy (non-hydrogen) atoms. The second-order valence-corrected chi connectivity index (χ2v) is 5.77. The molecule has 2 N–H and O–H groups in total. The van der Waals surface area contributed by atoms with Crippen molar-refractivity contribution in [1.29, 1.82) is 0 Å². The van der Waals surface area contributed by atoms with Crippen molar-refractivity contribution in [2.45, 2.75) is 50.3 Å². The van der Waals surface area contributed by atoms with Crippen LogP contribution in [-0.2, 0) is 0 Å². The fourth-order valence-corrected chi connectivity index (χ4v) is 3.17. The third-order valence-electron chi connectivity index (χ3n) is 4.41. The van der Waals surface area contributed by atoms with E-state index in [-0.39, 0.29) is 23.9 Å². The molecular formula is C13H20N4O3. The highest BCUT2D eigenvalue weighted by molar-refractivity contribution is 5.84. The molecule has 7 heteroatoms. The predicted octanol–water partition coefficient (Wildman–Crippen LogP) is 0.527. The van der Waals surface area contributed by atoms with E-state index in [1.54, 1.807) is 4.68 Å². The lowest BCUT2D eigenvalue weighted by Crippen LogP contribution is -2.56. The molecule has 0 amide bonds. The fraction of sp³-hybridized carbons (Fsp3) is 0.769. The van der Waals surface area contributed by atoms with Gasteiger partial charge in [-0.1, -0.05) is 24.5 Å². The first kappa shape index (κ1) is 13.5. The number of carbonyl (C=O) groups is 1. The summed E-state index contributed by atoms with van der Waals surface area (Å²) in [6.45, 7) is 1.62. The van der Waals surface area contributed by atoms with Gasteiger partial charge in [-0.25, -0.2) is 9.48 Å². The molecule has 1 aromatic heterocycles. The maximum Gasteiger partial charge on any atom is 0.358 e. The van der Waals surface area contributed by atoms with E-state index in [1.807, 2.05) is 0 Å². The number of carboxylic acids is 1. The number of likely N-dealkylation sites (tertiary alicyclic amines) is 1. The molecule has 2 aliphatic rings. The number of aromatic carboxylic acids is 1. The first-order chi connectivity index (χ1) is 9.65. The minimum Gasteiger partial charge on any atom is -0.476 e. The van der Waals surface area contributed by atoms with Crippen LogP contribution in [0.3, 0.4) is 0 Å². The zero-order valence-corrected chi connectivity index (χ0v) is 11.4. The Morgan fingerprint density at radius 3 is 2.70 bits per heavy atom. The van der Waals surface area contributed by atoms with E-state index in [0.717, 1.165) is 32.4 Å². The zero-order chi connectivity index (χ0) is 14.1. The summed E-state index contributed by atoms with van der Waals surface area (Å²) in [6.07, 6.45) is 6.67. The number of nitrogens with zero attached hydrogens (tertiary/aromatic N) is 4. The molecule has 1 saturated carbocycles. The Morgan fingerprint density at radius 2 is 2.00 bits per heavy atom. The van der Waals surface area contributed by atoms with Crippen molar-refractivity contribution in [2.75, 3.05) is 13.1 Å². The summed E-state index contributed by atoms with van der Waals surface area (Å²) in [5.74, 6) is -1.05. The number of aliphatic hydroxyl groups excluding tert-OH is 1. The molecule has 0 radical (unpaired) electrons. The van der Waals surface area contributed by atoms with Crippen molar-refractivity contribution >= 4 is 5.97 Å². The summed E-state index contributed by atoms with van der Waals surface area (Å²) in [6, 6.07) is 0.419. The van der Waals surface area contributed by atoms with Crippen molar-refractivity contribution in [3.05, 3.63) is 11.9 Å². The number of aromatic nitrogens is 3. The van der Waals surface area contributed by atoms with Crippen LogP contribution in [0.5, 0.6) is 0 Å². The lowest BCUT2D eigenvalue weighted by atomic mass is 9.98. The van der Waals surface area contributed by atoms with Gasteiger partial charge in [-0.05, 0) is 12.8 Å². The fourth-order valence-electron chi connectivity index (χ4n) is 3.17. The molecule has 7 nitrogen and oxygen atoms in total. The monoisotopic (exact) mass is 280 g/mol. The van der Waals surface area contributed by atoms with Gasteiger partial charge in [0, 0.05) is 19.1 Å². The third kappa shape index (κ3) is 2.55. The van der Waals surface area contributed by atoms with Gasteiger partial charge >= 0.3 is 5.97 Å². The Bertz CT molecular complexity index is 484. The van der Waals surface area contributed by atoms with Crippen LogP contribution in [0.2, 0.25) is 0 Å². The number of carboxylic acid groups (broad SMARTS) is 1. The summed E-state index contributed by atoms with van der Waals surface area (Å²) >= 11 is 0. The van der Waals surface area contributed by atoms with E-state index in [4.69, 9.17) is 5.11 Å². The van der Waals surface area contributed by atoms with Gasteiger partial charge < -0.3 is 10.2 Å². The third-order valence-corrected chi connectivity index (χ3v) is 4.41. The first-order valence-electron chi connectivity index (χ1n) is 7.22. The van der Waals surface area contributed by atoms with Crippen LogP contribution in [0.15, 0.2) is 6.20 Å². The molecule has 110 valence electrons. The second-order valence-electron chi connectivity index (χ2n) is 5.77. The highest BCUT2D eigenvalue weighted by Crippen LogP contribution is 2.30. The van der Waals surface area contributed by atoms with Gasteiger partial charge in [0.15, 0.2) is 5.69 Å². The van der Waals surface area contributed by atoms with Crippen LogP contribution in [0, 0.1) is 0 Å². The van der Waals surface area contributed by atoms with Gasteiger partial charge in [-0.2, -0.15) is 0 Å². The predicted molar refractivity (Wildman–Crippen MR) is 70.5 cm³/mol. The standard InChI is InChI=1S/C13H20N4O3/c18-12-5-3-1-2-4-11(12)16-6-9(7-16)17-8-10(13(19)20)14-15-17/h8-9,11-12,18H,1-7H2,(H,19,20). The van der Waals surface area contributed by atoms with Gasteiger partial charge in [0.05, 0.1) is 18.3 Å². The molecule has 1 aromatic rings. The maximum atomic E-state index is 10.8. The topological polar surface area (TPSA) is 91.5 Å². The zero-order valence-electron chi connectivity index (χ0n) is 11.4. The Labute approximate surface area is 117 Å². The number of hydrogen-bond acceptors (Lipinski definition) is 5. The van der Waals surface area contributed by atoms with Crippen molar-refractivity contribution in [3.8, 4) is 0 Å². The summed E-state index contributed by atoms with van der Waals surface area (Å²) in [5.41, 5.74) is -0.0158. The Kier molecular flexibility index (Phi) is 3.71. The van der Waals surface area contributed by atoms with Gasteiger partial charge in [-0.3, -0.25) is 4.90 Å². The summed E-state index contributed by atoms with van der Waals surface area (Å²) in [4.78, 5) is 13.1. The largest absolute Gasteiger partial charge is 0.476 e. The summed E-state index contributed by atoms with van der Waals surface area (Å²) < 4.78 is 1.63. The van der Waals surface area contributed by atoms with E-state index in [1.165, 1.54) is 19.0 Å². The van der Waals surface area contributed by atoms with Crippen molar-refractivity contribution < 1.29 is 15.0 Å². The number of hydrogen-bond donors (Lipinski definition) is 2. The van der Waals surface area contributed by atoms with Crippen LogP contribution < -0.4 is 0 Å². The molecule has 1 aliphatic heterocycles. The molecule has 1 aliphatic carbocycles. The van der Waals surface area contributed by atoms with Crippen LogP contribution >= 0.6 is 0 Å². The van der Waals surface area contributed by atoms with Crippen LogP contribution in [0.1, 0.15) is 48.6 Å². The summed E-state index contributed by atoms with van der Waals surface area (Å²) in [5, 5.41) is 26.5. The van der Waals surface area contributed by atoms with Gasteiger partial charge in [0.2, 0.25) is 0 Å². The highest BCUT2D eigenvalue weighted by atomic mass is 16.4. The molecule has 2 heterocycles. The molecule has 0 bridgehead atoms. The van der Waals surface area contributed by atoms with Gasteiger partial charge in [0.25, 0.3) is 0 Å². The van der Waals surface area contributed by atoms with Gasteiger partial charge in [0.1, 0.15) is 0 Å². The van der Waals surface area contributed by atoms with Crippen molar-refractivity contribution in [1.82, 2.24) is 19.9 Å². The van der Waals surface area contributed by atoms with E-state index in [2.05, 4.69) is 15.2 Å². The number of aliphatic hydroxyl groups is 1. The lowest BCUT2D eigenvalue weighted by Gasteiger charge is -2.45. The lowest BCUT2D eigenvalue weighted by molar-refractivity contribution is -0.0183. The molecule has 0 aromatic carbocycles. The van der Waals surface area contributed by atoms with Crippen LogP contribution in [0.25, 0.3) is 0 Å². The molecule has 0 spiro atoms. The summed E-state index contributed by atoms with van der Waals surface area (Å²) in [7, 11) is 0. The SMILES string of the molecule is O=C(O)c1cn(C2CN(C3CCCCCC3O)C2)nn1. The Hall–Kier alpha value is -1.47. The van der Waals surface area contributed by atoms with Gasteiger partial charge in [-0.15, -0.1) is 5.10 Å². The van der Waals surface area contributed by atoms with E-state index < -0.39 is 5.97 Å². The van der Waals surface area contributed by atoms with Crippen LogP contribution in [0.4, 0.5) is 0 Å².